The van der Waals surface area contributed by atoms with E-state index in [4.69, 9.17) is 16.3 Å². The maximum atomic E-state index is 12.0. The summed E-state index contributed by atoms with van der Waals surface area (Å²) in [6.07, 6.45) is 0. The van der Waals surface area contributed by atoms with Crippen LogP contribution < -0.4 is 15.4 Å². The molecule has 0 atom stereocenters. The van der Waals surface area contributed by atoms with Crippen molar-refractivity contribution in [3.63, 3.8) is 0 Å². The summed E-state index contributed by atoms with van der Waals surface area (Å²) in [7, 11) is 3.50. The Hall–Kier alpha value is -2.14. The summed E-state index contributed by atoms with van der Waals surface area (Å²) in [5, 5.41) is 6.06. The maximum absolute atomic E-state index is 12.0. The molecule has 0 radical (unpaired) electrons. The van der Waals surface area contributed by atoms with E-state index in [1.807, 2.05) is 30.7 Å². The molecule has 1 aromatic carbocycles. The maximum Gasteiger partial charge on any atom is 0.319 e. The Kier molecular flexibility index (Phi) is 4.75. The molecule has 21 heavy (non-hydrogen) atoms. The van der Waals surface area contributed by atoms with Gasteiger partial charge in [-0.2, -0.15) is 0 Å². The van der Waals surface area contributed by atoms with E-state index in [2.05, 4.69) is 10.6 Å². The minimum absolute atomic E-state index is 0.311. The highest BCUT2D eigenvalue weighted by Crippen LogP contribution is 2.27. The number of carbonyl (C=O) groups excluding carboxylic acids is 1. The van der Waals surface area contributed by atoms with Crippen LogP contribution in [0.4, 0.5) is 10.5 Å². The summed E-state index contributed by atoms with van der Waals surface area (Å²) in [5.74, 6) is 0.560. The number of anilines is 1. The first kappa shape index (κ1) is 15.3. The van der Waals surface area contributed by atoms with E-state index < -0.39 is 0 Å². The van der Waals surface area contributed by atoms with Crippen LogP contribution in [0.15, 0.2) is 30.3 Å². The Morgan fingerprint density at radius 2 is 2.10 bits per heavy atom. The molecule has 0 aliphatic carbocycles. The number of ether oxygens (including phenoxy) is 1. The molecular formula is C15H18ClN3O2. The fraction of sp³-hybridized carbons (Fsp3) is 0.267. The van der Waals surface area contributed by atoms with Crippen molar-refractivity contribution in [3.05, 3.63) is 46.7 Å². The van der Waals surface area contributed by atoms with Gasteiger partial charge >= 0.3 is 6.03 Å². The molecule has 6 heteroatoms. The summed E-state index contributed by atoms with van der Waals surface area (Å²) < 4.78 is 7.21. The van der Waals surface area contributed by atoms with Crippen molar-refractivity contribution in [1.82, 2.24) is 9.88 Å². The lowest BCUT2D eigenvalue weighted by Crippen LogP contribution is -2.29. The second-order valence-electron chi connectivity index (χ2n) is 4.68. The van der Waals surface area contributed by atoms with Gasteiger partial charge in [-0.15, -0.1) is 0 Å². The molecule has 0 bridgehead atoms. The van der Waals surface area contributed by atoms with E-state index in [1.54, 1.807) is 25.3 Å². The lowest BCUT2D eigenvalue weighted by Gasteiger charge is -2.12. The van der Waals surface area contributed by atoms with E-state index >= 15 is 0 Å². The molecule has 2 amide bonds. The van der Waals surface area contributed by atoms with Gasteiger partial charge in [0.05, 0.1) is 19.3 Å². The van der Waals surface area contributed by atoms with Crippen LogP contribution in [0.2, 0.25) is 5.02 Å². The van der Waals surface area contributed by atoms with Gasteiger partial charge in [-0.3, -0.25) is 0 Å². The van der Waals surface area contributed by atoms with Crippen molar-refractivity contribution < 1.29 is 9.53 Å². The molecule has 0 fully saturated rings. The third kappa shape index (κ3) is 3.70. The standard InChI is InChI=1S/C15H18ClN3O2/c1-10-4-6-12(19(10)2)9-17-15(20)18-13-8-11(16)5-7-14(13)21-3/h4-8H,9H2,1-3H3,(H2,17,18,20). The Bertz CT molecular complexity index is 652. The van der Waals surface area contributed by atoms with Crippen molar-refractivity contribution >= 4 is 23.3 Å². The number of hydrogen-bond donors (Lipinski definition) is 2. The van der Waals surface area contributed by atoms with Gasteiger partial charge in [-0.1, -0.05) is 11.6 Å². The molecule has 0 aliphatic heterocycles. The van der Waals surface area contributed by atoms with Gasteiger partial charge in [0.15, 0.2) is 0 Å². The summed E-state index contributed by atoms with van der Waals surface area (Å²) >= 11 is 5.92. The molecule has 2 aromatic rings. The Balaban J connectivity index is 1.99. The van der Waals surface area contributed by atoms with Crippen LogP contribution in [0, 0.1) is 6.92 Å². The van der Waals surface area contributed by atoms with Crippen LogP contribution in [0.25, 0.3) is 0 Å². The first-order chi connectivity index (χ1) is 10.0. The number of nitrogens with zero attached hydrogens (tertiary/aromatic N) is 1. The number of urea groups is 1. The first-order valence-electron chi connectivity index (χ1n) is 6.51. The smallest absolute Gasteiger partial charge is 0.319 e. The molecule has 2 rings (SSSR count). The number of hydrogen-bond acceptors (Lipinski definition) is 2. The van der Waals surface area contributed by atoms with Gasteiger partial charge in [-0.25, -0.2) is 4.79 Å². The second kappa shape index (κ2) is 6.54. The predicted molar refractivity (Wildman–Crippen MR) is 84.0 cm³/mol. The number of amides is 2. The highest BCUT2D eigenvalue weighted by atomic mass is 35.5. The SMILES string of the molecule is COc1ccc(Cl)cc1NC(=O)NCc1ccc(C)n1C. The van der Waals surface area contributed by atoms with Gasteiger partial charge in [0.2, 0.25) is 0 Å². The second-order valence-corrected chi connectivity index (χ2v) is 5.11. The van der Waals surface area contributed by atoms with Crippen LogP contribution in [-0.2, 0) is 13.6 Å². The van der Waals surface area contributed by atoms with Gasteiger partial charge in [0, 0.05) is 23.5 Å². The van der Waals surface area contributed by atoms with Crippen molar-refractivity contribution in [2.24, 2.45) is 7.05 Å². The lowest BCUT2D eigenvalue weighted by molar-refractivity contribution is 0.251. The number of aryl methyl sites for hydroxylation is 1. The molecule has 112 valence electrons. The minimum atomic E-state index is -0.311. The largest absolute Gasteiger partial charge is 0.495 e. The van der Waals surface area contributed by atoms with Crippen molar-refractivity contribution in [2.45, 2.75) is 13.5 Å². The molecule has 2 N–H and O–H groups in total. The first-order valence-corrected chi connectivity index (χ1v) is 6.88. The number of aromatic nitrogens is 1. The summed E-state index contributed by atoms with van der Waals surface area (Å²) in [6, 6.07) is 8.74. The molecular weight excluding hydrogens is 290 g/mol. The van der Waals surface area contributed by atoms with Crippen LogP contribution in [-0.4, -0.2) is 17.7 Å². The number of methoxy groups -OCH3 is 1. The van der Waals surface area contributed by atoms with Crippen LogP contribution >= 0.6 is 11.6 Å². The zero-order chi connectivity index (χ0) is 15.4. The third-order valence-corrected chi connectivity index (χ3v) is 3.55. The lowest BCUT2D eigenvalue weighted by atomic mass is 10.3. The monoisotopic (exact) mass is 307 g/mol. The fourth-order valence-electron chi connectivity index (χ4n) is 1.96. The van der Waals surface area contributed by atoms with Gasteiger partial charge in [0.1, 0.15) is 5.75 Å². The molecule has 0 saturated heterocycles. The van der Waals surface area contributed by atoms with Crippen LogP contribution in [0.1, 0.15) is 11.4 Å². The van der Waals surface area contributed by atoms with Gasteiger partial charge in [0.25, 0.3) is 0 Å². The molecule has 1 aromatic heterocycles. The van der Waals surface area contributed by atoms with Gasteiger partial charge < -0.3 is 19.9 Å². The van der Waals surface area contributed by atoms with Gasteiger partial charge in [-0.05, 0) is 37.3 Å². The molecule has 0 spiro atoms. The average Bonchev–Trinajstić information content (AvgIpc) is 2.77. The fourth-order valence-corrected chi connectivity index (χ4v) is 2.13. The summed E-state index contributed by atoms with van der Waals surface area (Å²) in [6.45, 7) is 2.46. The number of halogens is 1. The molecule has 0 aliphatic rings. The molecule has 1 heterocycles. The predicted octanol–water partition coefficient (Wildman–Crippen LogP) is 3.32. The average molecular weight is 308 g/mol. The van der Waals surface area contributed by atoms with E-state index in [0.717, 1.165) is 11.4 Å². The van der Waals surface area contributed by atoms with E-state index in [-0.39, 0.29) is 6.03 Å². The highest BCUT2D eigenvalue weighted by Gasteiger charge is 2.09. The number of carbonyl (C=O) groups is 1. The Morgan fingerprint density at radius 1 is 1.33 bits per heavy atom. The van der Waals surface area contributed by atoms with Crippen LogP contribution in [0.3, 0.4) is 0 Å². The molecule has 5 nitrogen and oxygen atoms in total. The molecule has 0 unspecified atom stereocenters. The highest BCUT2D eigenvalue weighted by molar-refractivity contribution is 6.31. The van der Waals surface area contributed by atoms with Crippen molar-refractivity contribution in [1.29, 1.82) is 0 Å². The normalized spacial score (nSPS) is 10.3. The quantitative estimate of drug-likeness (QED) is 0.910. The summed E-state index contributed by atoms with van der Waals surface area (Å²) in [4.78, 5) is 12.0. The molecule has 0 saturated carbocycles. The Labute approximate surface area is 128 Å². The van der Waals surface area contributed by atoms with E-state index in [9.17, 15) is 4.79 Å². The number of rotatable bonds is 4. The topological polar surface area (TPSA) is 55.3 Å². The number of benzene rings is 1. The minimum Gasteiger partial charge on any atom is -0.495 e. The zero-order valence-electron chi connectivity index (χ0n) is 12.2. The van der Waals surface area contributed by atoms with E-state index in [0.29, 0.717) is 23.0 Å². The van der Waals surface area contributed by atoms with Crippen molar-refractivity contribution in [3.8, 4) is 5.75 Å². The van der Waals surface area contributed by atoms with Crippen LogP contribution in [0.5, 0.6) is 5.75 Å². The summed E-state index contributed by atoms with van der Waals surface area (Å²) in [5.41, 5.74) is 2.70. The number of nitrogens with one attached hydrogen (secondary N) is 2. The third-order valence-electron chi connectivity index (χ3n) is 3.32. The zero-order valence-corrected chi connectivity index (χ0v) is 13.0. The van der Waals surface area contributed by atoms with Crippen molar-refractivity contribution in [2.75, 3.05) is 12.4 Å². The van der Waals surface area contributed by atoms with E-state index in [1.165, 1.54) is 0 Å². The Morgan fingerprint density at radius 3 is 2.71 bits per heavy atom.